The summed E-state index contributed by atoms with van der Waals surface area (Å²) in [5, 5.41) is 4.76. The van der Waals surface area contributed by atoms with Crippen molar-refractivity contribution in [1.29, 1.82) is 0 Å². The normalized spacial score (nSPS) is 20.9. The van der Waals surface area contributed by atoms with Crippen molar-refractivity contribution in [2.75, 3.05) is 6.54 Å². The number of fused-ring (bicyclic) bond motifs is 1. The summed E-state index contributed by atoms with van der Waals surface area (Å²) in [7, 11) is 0. The summed E-state index contributed by atoms with van der Waals surface area (Å²) in [6.07, 6.45) is 4.38. The number of benzene rings is 1. The van der Waals surface area contributed by atoms with Crippen LogP contribution in [0.2, 0.25) is 0 Å². The van der Waals surface area contributed by atoms with Crippen molar-refractivity contribution in [2.45, 2.75) is 18.9 Å². The van der Waals surface area contributed by atoms with E-state index in [0.29, 0.717) is 6.04 Å². The highest BCUT2D eigenvalue weighted by Crippen LogP contribution is 2.27. The summed E-state index contributed by atoms with van der Waals surface area (Å²) in [6, 6.07) is 11.1. The molecule has 1 aromatic carbocycles. The summed E-state index contributed by atoms with van der Waals surface area (Å²) in [4.78, 5) is 4.49. The van der Waals surface area contributed by atoms with Crippen LogP contribution in [0.15, 0.2) is 36.5 Å². The summed E-state index contributed by atoms with van der Waals surface area (Å²) in [5.74, 6) is 0. The molecule has 2 heteroatoms. The van der Waals surface area contributed by atoms with Crippen LogP contribution in [-0.4, -0.2) is 11.5 Å². The van der Waals surface area contributed by atoms with Gasteiger partial charge >= 0.3 is 0 Å². The van der Waals surface area contributed by atoms with Gasteiger partial charge in [-0.25, -0.2) is 0 Å². The number of rotatable bonds is 1. The van der Waals surface area contributed by atoms with Crippen molar-refractivity contribution in [3.8, 4) is 0 Å². The zero-order valence-corrected chi connectivity index (χ0v) is 8.61. The SMILES string of the molecule is c1cnc2c([C@H]3CCCN3)cccc2c1. The van der Waals surface area contributed by atoms with Crippen molar-refractivity contribution in [2.24, 2.45) is 0 Å². The first-order valence-electron chi connectivity index (χ1n) is 5.52. The fraction of sp³-hybridized carbons (Fsp3) is 0.308. The predicted molar refractivity (Wildman–Crippen MR) is 61.7 cm³/mol. The van der Waals surface area contributed by atoms with E-state index in [1.165, 1.54) is 23.8 Å². The molecule has 0 amide bonds. The van der Waals surface area contributed by atoms with Crippen molar-refractivity contribution in [1.82, 2.24) is 10.3 Å². The molecule has 0 saturated carbocycles. The Kier molecular flexibility index (Phi) is 2.14. The number of nitrogens with one attached hydrogen (secondary N) is 1. The summed E-state index contributed by atoms with van der Waals surface area (Å²) < 4.78 is 0. The Morgan fingerprint density at radius 2 is 2.13 bits per heavy atom. The monoisotopic (exact) mass is 198 g/mol. The summed E-state index contributed by atoms with van der Waals surface area (Å²) in [6.45, 7) is 1.13. The molecule has 2 aromatic rings. The van der Waals surface area contributed by atoms with Gasteiger partial charge in [-0.1, -0.05) is 24.3 Å². The van der Waals surface area contributed by atoms with Crippen molar-refractivity contribution >= 4 is 10.9 Å². The second kappa shape index (κ2) is 3.63. The minimum atomic E-state index is 0.503. The Bertz CT molecular complexity index is 467. The van der Waals surface area contributed by atoms with Crippen LogP contribution >= 0.6 is 0 Å². The summed E-state index contributed by atoms with van der Waals surface area (Å²) in [5.41, 5.74) is 2.50. The van der Waals surface area contributed by atoms with E-state index >= 15 is 0 Å². The van der Waals surface area contributed by atoms with Gasteiger partial charge in [0.25, 0.3) is 0 Å². The zero-order chi connectivity index (χ0) is 10.1. The highest BCUT2D eigenvalue weighted by atomic mass is 14.9. The molecule has 15 heavy (non-hydrogen) atoms. The molecule has 1 N–H and O–H groups in total. The molecule has 3 rings (SSSR count). The van der Waals surface area contributed by atoms with Gasteiger partial charge in [-0.15, -0.1) is 0 Å². The molecule has 0 bridgehead atoms. The Labute approximate surface area is 89.3 Å². The number of hydrogen-bond acceptors (Lipinski definition) is 2. The quantitative estimate of drug-likeness (QED) is 0.762. The molecular formula is C13H14N2. The molecule has 1 aliphatic rings. The topological polar surface area (TPSA) is 24.9 Å². The molecular weight excluding hydrogens is 184 g/mol. The second-order valence-corrected chi connectivity index (χ2v) is 4.07. The highest BCUT2D eigenvalue weighted by molar-refractivity contribution is 5.82. The fourth-order valence-electron chi connectivity index (χ4n) is 2.36. The minimum absolute atomic E-state index is 0.503. The van der Waals surface area contributed by atoms with Crippen molar-refractivity contribution in [3.63, 3.8) is 0 Å². The molecule has 2 heterocycles. The molecule has 1 aliphatic heterocycles. The molecule has 2 nitrogen and oxygen atoms in total. The van der Waals surface area contributed by atoms with Crippen LogP contribution in [0.4, 0.5) is 0 Å². The van der Waals surface area contributed by atoms with Gasteiger partial charge in [0, 0.05) is 17.6 Å². The largest absolute Gasteiger partial charge is 0.310 e. The first-order valence-corrected chi connectivity index (χ1v) is 5.52. The van der Waals surface area contributed by atoms with Gasteiger partial charge in [0.2, 0.25) is 0 Å². The first-order chi connectivity index (χ1) is 7.45. The molecule has 1 fully saturated rings. The Morgan fingerprint density at radius 3 is 3.00 bits per heavy atom. The van der Waals surface area contributed by atoms with Crippen LogP contribution < -0.4 is 5.32 Å². The molecule has 0 spiro atoms. The van der Waals surface area contributed by atoms with Crippen LogP contribution in [0.5, 0.6) is 0 Å². The minimum Gasteiger partial charge on any atom is -0.310 e. The Balaban J connectivity index is 2.16. The standard InChI is InChI=1S/C13H14N2/c1-4-10-5-2-9-15-13(10)11(6-1)12-7-3-8-14-12/h1-2,4-6,9,12,14H,3,7-8H2/t12-/m1/s1. The van der Waals surface area contributed by atoms with E-state index in [1.54, 1.807) is 0 Å². The van der Waals surface area contributed by atoms with Gasteiger partial charge in [0.15, 0.2) is 0 Å². The summed E-state index contributed by atoms with van der Waals surface area (Å²) >= 11 is 0. The number of hydrogen-bond donors (Lipinski definition) is 1. The Hall–Kier alpha value is -1.41. The van der Waals surface area contributed by atoms with Gasteiger partial charge in [0.05, 0.1) is 5.52 Å². The van der Waals surface area contributed by atoms with Gasteiger partial charge in [0.1, 0.15) is 0 Å². The average molecular weight is 198 g/mol. The van der Waals surface area contributed by atoms with E-state index in [-0.39, 0.29) is 0 Å². The third-order valence-electron chi connectivity index (χ3n) is 3.10. The van der Waals surface area contributed by atoms with E-state index in [2.05, 4.69) is 34.6 Å². The lowest BCUT2D eigenvalue weighted by molar-refractivity contribution is 0.651. The molecule has 1 atom stereocenters. The lowest BCUT2D eigenvalue weighted by Crippen LogP contribution is -2.13. The van der Waals surface area contributed by atoms with Crippen LogP contribution in [0.1, 0.15) is 24.4 Å². The van der Waals surface area contributed by atoms with Gasteiger partial charge in [-0.2, -0.15) is 0 Å². The maximum Gasteiger partial charge on any atom is 0.0749 e. The maximum atomic E-state index is 4.49. The molecule has 0 radical (unpaired) electrons. The zero-order valence-electron chi connectivity index (χ0n) is 8.61. The third kappa shape index (κ3) is 1.51. The van der Waals surface area contributed by atoms with E-state index in [4.69, 9.17) is 0 Å². The van der Waals surface area contributed by atoms with Crippen molar-refractivity contribution < 1.29 is 0 Å². The third-order valence-corrected chi connectivity index (χ3v) is 3.10. The molecule has 76 valence electrons. The number of para-hydroxylation sites is 1. The maximum absolute atomic E-state index is 4.49. The van der Waals surface area contributed by atoms with E-state index in [9.17, 15) is 0 Å². The van der Waals surface area contributed by atoms with Crippen molar-refractivity contribution in [3.05, 3.63) is 42.1 Å². The van der Waals surface area contributed by atoms with Gasteiger partial charge in [-0.05, 0) is 31.0 Å². The fourth-order valence-corrected chi connectivity index (χ4v) is 2.36. The number of aromatic nitrogens is 1. The second-order valence-electron chi connectivity index (χ2n) is 4.07. The predicted octanol–water partition coefficient (Wildman–Crippen LogP) is 2.66. The van der Waals surface area contributed by atoms with E-state index in [0.717, 1.165) is 12.1 Å². The van der Waals surface area contributed by atoms with E-state index in [1.807, 2.05) is 12.3 Å². The average Bonchev–Trinajstić information content (AvgIpc) is 2.82. The van der Waals surface area contributed by atoms with Crippen LogP contribution in [0.25, 0.3) is 10.9 Å². The van der Waals surface area contributed by atoms with Gasteiger partial charge < -0.3 is 5.32 Å². The Morgan fingerprint density at radius 1 is 1.20 bits per heavy atom. The lowest BCUT2D eigenvalue weighted by Gasteiger charge is -2.12. The number of nitrogens with zero attached hydrogens (tertiary/aromatic N) is 1. The molecule has 1 saturated heterocycles. The number of pyridine rings is 1. The van der Waals surface area contributed by atoms with Crippen LogP contribution in [0.3, 0.4) is 0 Å². The molecule has 0 unspecified atom stereocenters. The first kappa shape index (κ1) is 8.86. The van der Waals surface area contributed by atoms with Crippen LogP contribution in [-0.2, 0) is 0 Å². The lowest BCUT2D eigenvalue weighted by atomic mass is 10.0. The van der Waals surface area contributed by atoms with Crippen LogP contribution in [0, 0.1) is 0 Å². The van der Waals surface area contributed by atoms with E-state index < -0.39 is 0 Å². The highest BCUT2D eigenvalue weighted by Gasteiger charge is 2.18. The molecule has 0 aliphatic carbocycles. The molecule has 1 aromatic heterocycles. The van der Waals surface area contributed by atoms with Gasteiger partial charge in [-0.3, -0.25) is 4.98 Å². The smallest absolute Gasteiger partial charge is 0.0749 e.